The molecule has 242 valence electrons. The number of aliphatic carboxylic acids is 1. The first-order valence-electron chi connectivity index (χ1n) is 15.3. The second-order valence-corrected chi connectivity index (χ2v) is 11.6. The van der Waals surface area contributed by atoms with Crippen molar-refractivity contribution in [1.29, 1.82) is 0 Å². The minimum atomic E-state index is -1.26. The number of hydrogen-bond acceptors (Lipinski definition) is 6. The van der Waals surface area contributed by atoms with E-state index in [1.165, 1.54) is 12.1 Å². The molecule has 0 saturated carbocycles. The van der Waals surface area contributed by atoms with Gasteiger partial charge in [-0.1, -0.05) is 80.9 Å². The number of carboxylic acids is 1. The fourth-order valence-corrected chi connectivity index (χ4v) is 5.25. The van der Waals surface area contributed by atoms with Crippen LogP contribution >= 0.6 is 0 Å². The van der Waals surface area contributed by atoms with Crippen LogP contribution in [0.1, 0.15) is 37.0 Å². The quantitative estimate of drug-likeness (QED) is 0.106. The summed E-state index contributed by atoms with van der Waals surface area (Å²) < 4.78 is 0. The second kappa shape index (κ2) is 15.7. The average molecular weight is 628 g/mol. The van der Waals surface area contributed by atoms with E-state index in [0.717, 1.165) is 27.6 Å². The van der Waals surface area contributed by atoms with Crippen molar-refractivity contribution in [2.24, 2.45) is 11.7 Å². The molecule has 0 aliphatic carbocycles. The number of carbonyl (C=O) groups is 4. The second-order valence-electron chi connectivity index (χ2n) is 11.6. The number of rotatable bonds is 15. The van der Waals surface area contributed by atoms with E-state index in [2.05, 4.69) is 20.9 Å². The average Bonchev–Trinajstić information content (AvgIpc) is 3.46. The molecule has 0 spiro atoms. The Balaban J connectivity index is 1.50. The van der Waals surface area contributed by atoms with Crippen molar-refractivity contribution in [3.05, 3.63) is 102 Å². The maximum absolute atomic E-state index is 13.7. The summed E-state index contributed by atoms with van der Waals surface area (Å²) >= 11 is 0. The van der Waals surface area contributed by atoms with Crippen LogP contribution in [0.2, 0.25) is 0 Å². The standard InChI is InChI=1S/C35H41N5O6/c1-3-21(2)31(40-32(42)27(36)17-23-13-15-25(41)16-14-23)34(44)38-29(18-22-9-5-4-6-10-22)33(43)39-30(35(45)46)19-24-20-37-28-12-8-7-11-26(24)28/h4-16,20-21,27,29-31,37,41H,3,17-19,36H2,1-2H3,(H,38,44)(H,39,43)(H,40,42)(H,45,46). The van der Waals surface area contributed by atoms with Crippen LogP contribution in [0.25, 0.3) is 10.9 Å². The first-order chi connectivity index (χ1) is 22.0. The molecule has 0 radical (unpaired) electrons. The number of amides is 3. The van der Waals surface area contributed by atoms with Gasteiger partial charge in [-0.2, -0.15) is 0 Å². The lowest BCUT2D eigenvalue weighted by molar-refractivity contribution is -0.142. The number of nitrogens with one attached hydrogen (secondary N) is 4. The summed E-state index contributed by atoms with van der Waals surface area (Å²) in [4.78, 5) is 55.9. The molecule has 3 aromatic carbocycles. The van der Waals surface area contributed by atoms with Crippen molar-refractivity contribution < 1.29 is 29.4 Å². The summed E-state index contributed by atoms with van der Waals surface area (Å²) in [7, 11) is 0. The predicted molar refractivity (Wildman–Crippen MR) is 175 cm³/mol. The summed E-state index contributed by atoms with van der Waals surface area (Å²) in [6.07, 6.45) is 2.59. The van der Waals surface area contributed by atoms with Crippen LogP contribution < -0.4 is 21.7 Å². The number of aromatic amines is 1. The van der Waals surface area contributed by atoms with E-state index < -0.39 is 47.9 Å². The highest BCUT2D eigenvalue weighted by Gasteiger charge is 2.33. The Bertz CT molecular complexity index is 1640. The number of carbonyl (C=O) groups excluding carboxylic acids is 3. The Morgan fingerprint density at radius 1 is 0.761 bits per heavy atom. The van der Waals surface area contributed by atoms with Crippen molar-refractivity contribution in [2.75, 3.05) is 0 Å². The Morgan fingerprint density at radius 2 is 1.39 bits per heavy atom. The third kappa shape index (κ3) is 8.95. The van der Waals surface area contributed by atoms with E-state index in [-0.39, 0.29) is 30.9 Å². The number of para-hydroxylation sites is 1. The number of aromatic hydroxyl groups is 1. The molecule has 5 atom stereocenters. The van der Waals surface area contributed by atoms with Gasteiger partial charge >= 0.3 is 5.97 Å². The van der Waals surface area contributed by atoms with Gasteiger partial charge in [0.1, 0.15) is 23.9 Å². The third-order valence-electron chi connectivity index (χ3n) is 8.15. The fraction of sp³-hybridized carbons (Fsp3) is 0.314. The van der Waals surface area contributed by atoms with Gasteiger partial charge in [0, 0.05) is 29.9 Å². The van der Waals surface area contributed by atoms with Gasteiger partial charge in [-0.25, -0.2) is 4.79 Å². The van der Waals surface area contributed by atoms with Gasteiger partial charge in [0.2, 0.25) is 17.7 Å². The van der Waals surface area contributed by atoms with E-state index in [0.29, 0.717) is 6.42 Å². The molecule has 11 nitrogen and oxygen atoms in total. The highest BCUT2D eigenvalue weighted by atomic mass is 16.4. The minimum absolute atomic E-state index is 0.0293. The summed E-state index contributed by atoms with van der Waals surface area (Å²) in [6.45, 7) is 3.69. The lowest BCUT2D eigenvalue weighted by Crippen LogP contribution is -2.59. The summed E-state index contributed by atoms with van der Waals surface area (Å²) in [5, 5.41) is 28.6. The number of nitrogens with two attached hydrogens (primary N) is 1. The SMILES string of the molecule is CCC(C)C(NC(=O)C(N)Cc1ccc(O)cc1)C(=O)NC(Cc1ccccc1)C(=O)NC(Cc1c[nH]c2ccccc12)C(=O)O. The molecule has 11 heteroatoms. The Morgan fingerprint density at radius 3 is 2.07 bits per heavy atom. The number of fused-ring (bicyclic) bond motifs is 1. The molecule has 4 rings (SSSR count). The van der Waals surface area contributed by atoms with E-state index in [1.807, 2.05) is 56.3 Å². The number of aromatic nitrogens is 1. The number of phenolic OH excluding ortho intramolecular Hbond substituents is 1. The molecular weight excluding hydrogens is 586 g/mol. The van der Waals surface area contributed by atoms with Gasteiger partial charge in [-0.3, -0.25) is 14.4 Å². The minimum Gasteiger partial charge on any atom is -0.508 e. The Kier molecular flexibility index (Phi) is 11.5. The summed E-state index contributed by atoms with van der Waals surface area (Å²) in [5.41, 5.74) is 9.25. The number of phenols is 1. The fourth-order valence-electron chi connectivity index (χ4n) is 5.25. The molecule has 0 saturated heterocycles. The Hall–Kier alpha value is -5.16. The molecule has 0 aliphatic heterocycles. The van der Waals surface area contributed by atoms with E-state index in [1.54, 1.807) is 30.5 Å². The first-order valence-corrected chi connectivity index (χ1v) is 15.3. The van der Waals surface area contributed by atoms with Crippen molar-refractivity contribution in [1.82, 2.24) is 20.9 Å². The molecule has 0 fully saturated rings. The monoisotopic (exact) mass is 627 g/mol. The topological polar surface area (TPSA) is 187 Å². The molecule has 1 heterocycles. The molecule has 0 bridgehead atoms. The largest absolute Gasteiger partial charge is 0.508 e. The van der Waals surface area contributed by atoms with Crippen LogP contribution in [0.5, 0.6) is 5.75 Å². The third-order valence-corrected chi connectivity index (χ3v) is 8.15. The Labute approximate surface area is 267 Å². The van der Waals surface area contributed by atoms with Crippen molar-refractivity contribution in [2.45, 2.75) is 63.7 Å². The highest BCUT2D eigenvalue weighted by molar-refractivity contribution is 5.94. The van der Waals surface area contributed by atoms with Crippen LogP contribution in [-0.4, -0.2) is 63.1 Å². The van der Waals surface area contributed by atoms with Crippen LogP contribution in [0.15, 0.2) is 85.1 Å². The van der Waals surface area contributed by atoms with E-state index in [4.69, 9.17) is 5.73 Å². The van der Waals surface area contributed by atoms with E-state index >= 15 is 0 Å². The van der Waals surface area contributed by atoms with Crippen molar-refractivity contribution in [3.63, 3.8) is 0 Å². The van der Waals surface area contributed by atoms with Crippen LogP contribution in [-0.2, 0) is 38.4 Å². The van der Waals surface area contributed by atoms with Gasteiger partial charge in [0.05, 0.1) is 6.04 Å². The molecule has 8 N–H and O–H groups in total. The molecule has 1 aromatic heterocycles. The van der Waals surface area contributed by atoms with Crippen LogP contribution in [0, 0.1) is 5.92 Å². The maximum atomic E-state index is 13.7. The van der Waals surface area contributed by atoms with Crippen LogP contribution in [0.3, 0.4) is 0 Å². The smallest absolute Gasteiger partial charge is 0.326 e. The molecule has 3 amide bonds. The first kappa shape index (κ1) is 33.7. The van der Waals surface area contributed by atoms with Crippen molar-refractivity contribution in [3.8, 4) is 5.75 Å². The normalized spacial score (nSPS) is 14.4. The molecular formula is C35H41N5O6. The molecule has 46 heavy (non-hydrogen) atoms. The molecule has 4 aromatic rings. The lowest BCUT2D eigenvalue weighted by Gasteiger charge is -2.28. The summed E-state index contributed by atoms with van der Waals surface area (Å²) in [5.74, 6) is -3.21. The highest BCUT2D eigenvalue weighted by Crippen LogP contribution is 2.19. The van der Waals surface area contributed by atoms with Crippen LogP contribution in [0.4, 0.5) is 0 Å². The van der Waals surface area contributed by atoms with Gasteiger partial charge in [0.15, 0.2) is 0 Å². The van der Waals surface area contributed by atoms with Gasteiger partial charge in [0.25, 0.3) is 0 Å². The zero-order valence-corrected chi connectivity index (χ0v) is 25.9. The number of H-pyrrole nitrogens is 1. The number of carboxylic acid groups (broad SMARTS) is 1. The number of benzene rings is 3. The lowest BCUT2D eigenvalue weighted by atomic mass is 9.96. The maximum Gasteiger partial charge on any atom is 0.326 e. The van der Waals surface area contributed by atoms with E-state index in [9.17, 15) is 29.4 Å². The number of hydrogen-bond donors (Lipinski definition) is 7. The van der Waals surface area contributed by atoms with Gasteiger partial charge < -0.3 is 36.9 Å². The predicted octanol–water partition coefficient (Wildman–Crippen LogP) is 2.81. The zero-order valence-electron chi connectivity index (χ0n) is 25.9. The molecule has 5 unspecified atom stereocenters. The van der Waals surface area contributed by atoms with Gasteiger partial charge in [-0.05, 0) is 47.2 Å². The summed E-state index contributed by atoms with van der Waals surface area (Å²) in [6, 6.07) is 18.5. The van der Waals surface area contributed by atoms with Crippen molar-refractivity contribution >= 4 is 34.6 Å². The molecule has 0 aliphatic rings. The zero-order chi connectivity index (χ0) is 33.2. The van der Waals surface area contributed by atoms with Gasteiger partial charge in [-0.15, -0.1) is 0 Å².